The highest BCUT2D eigenvalue weighted by molar-refractivity contribution is 5.85. The summed E-state index contributed by atoms with van der Waals surface area (Å²) in [4.78, 5) is 16.2. The second-order valence-corrected chi connectivity index (χ2v) is 4.82. The van der Waals surface area contributed by atoms with E-state index in [0.717, 1.165) is 18.7 Å². The van der Waals surface area contributed by atoms with Crippen LogP contribution in [0, 0.1) is 0 Å². The first-order valence-electron chi connectivity index (χ1n) is 6.38. The van der Waals surface area contributed by atoms with Crippen LogP contribution in [0.2, 0.25) is 0 Å². The van der Waals surface area contributed by atoms with Crippen LogP contribution >= 0.6 is 0 Å². The summed E-state index contributed by atoms with van der Waals surface area (Å²) >= 11 is 0. The van der Waals surface area contributed by atoms with Crippen LogP contribution in [0.4, 0.5) is 11.4 Å². The minimum Gasteiger partial charge on any atom is -0.408 e. The quantitative estimate of drug-likeness (QED) is 0.797. The van der Waals surface area contributed by atoms with Crippen LogP contribution in [-0.2, 0) is 0 Å². The fourth-order valence-corrected chi connectivity index (χ4v) is 2.83. The molecule has 2 aromatic rings. The van der Waals surface area contributed by atoms with Gasteiger partial charge in [0, 0.05) is 18.7 Å². The molecule has 3 rings (SSSR count). The predicted molar refractivity (Wildman–Crippen MR) is 71.9 cm³/mol. The molecule has 1 atom stereocenters. The largest absolute Gasteiger partial charge is 0.417 e. The molecule has 0 amide bonds. The molecular weight excluding hydrogens is 230 g/mol. The van der Waals surface area contributed by atoms with Gasteiger partial charge in [0.15, 0.2) is 5.58 Å². The molecule has 1 aromatic carbocycles. The van der Waals surface area contributed by atoms with Gasteiger partial charge in [0.25, 0.3) is 0 Å². The summed E-state index contributed by atoms with van der Waals surface area (Å²) in [6.07, 6.45) is 3.51. The Bertz CT molecular complexity index is 629. The maximum atomic E-state index is 11.2. The van der Waals surface area contributed by atoms with Gasteiger partial charge in [0.2, 0.25) is 0 Å². The second-order valence-electron chi connectivity index (χ2n) is 4.82. The summed E-state index contributed by atoms with van der Waals surface area (Å²) in [5, 5.41) is 0. The lowest BCUT2D eigenvalue weighted by atomic mass is 10.1. The van der Waals surface area contributed by atoms with E-state index < -0.39 is 5.76 Å². The zero-order chi connectivity index (χ0) is 12.7. The third-order valence-electron chi connectivity index (χ3n) is 3.73. The van der Waals surface area contributed by atoms with Crippen LogP contribution in [0.3, 0.4) is 0 Å². The van der Waals surface area contributed by atoms with Gasteiger partial charge in [-0.05, 0) is 25.3 Å². The van der Waals surface area contributed by atoms with E-state index in [-0.39, 0.29) is 0 Å². The molecule has 5 heteroatoms. The number of H-pyrrole nitrogens is 1. The lowest BCUT2D eigenvalue weighted by Crippen LogP contribution is -2.29. The van der Waals surface area contributed by atoms with Crippen LogP contribution in [0.15, 0.2) is 21.3 Å². The number of hydrogen-bond acceptors (Lipinski definition) is 4. The number of nitrogens with two attached hydrogens (primary N) is 1. The molecule has 0 aliphatic carbocycles. The first kappa shape index (κ1) is 11.2. The minimum atomic E-state index is -0.435. The summed E-state index contributed by atoms with van der Waals surface area (Å²) < 4.78 is 5.01. The highest BCUT2D eigenvalue weighted by Crippen LogP contribution is 2.34. The smallest absolute Gasteiger partial charge is 0.408 e. The number of aromatic nitrogens is 1. The fraction of sp³-hybridized carbons (Fsp3) is 0.462. The molecule has 3 N–H and O–H groups in total. The van der Waals surface area contributed by atoms with Gasteiger partial charge in [0.05, 0.1) is 16.9 Å². The predicted octanol–water partition coefficient (Wildman–Crippen LogP) is 2.08. The highest BCUT2D eigenvalue weighted by Gasteiger charge is 2.25. The fourth-order valence-electron chi connectivity index (χ4n) is 2.83. The van der Waals surface area contributed by atoms with Crippen molar-refractivity contribution < 1.29 is 4.42 Å². The molecule has 96 valence electrons. The topological polar surface area (TPSA) is 75.3 Å². The Morgan fingerprint density at radius 3 is 3.17 bits per heavy atom. The van der Waals surface area contributed by atoms with Gasteiger partial charge in [-0.25, -0.2) is 4.79 Å². The number of nitrogens with zero attached hydrogens (tertiary/aromatic N) is 1. The number of nitrogens with one attached hydrogen (secondary N) is 1. The molecule has 0 saturated carbocycles. The van der Waals surface area contributed by atoms with Crippen molar-refractivity contribution in [2.45, 2.75) is 32.2 Å². The summed E-state index contributed by atoms with van der Waals surface area (Å²) in [5.41, 5.74) is 8.99. The number of benzene rings is 1. The average Bonchev–Trinajstić information content (AvgIpc) is 2.92. The Labute approximate surface area is 105 Å². The van der Waals surface area contributed by atoms with E-state index in [4.69, 9.17) is 10.2 Å². The van der Waals surface area contributed by atoms with Crippen LogP contribution in [0.1, 0.15) is 26.2 Å². The van der Waals surface area contributed by atoms with Gasteiger partial charge in [0.1, 0.15) is 0 Å². The van der Waals surface area contributed by atoms with Crippen molar-refractivity contribution in [1.29, 1.82) is 0 Å². The highest BCUT2D eigenvalue weighted by atomic mass is 16.4. The first-order valence-corrected chi connectivity index (χ1v) is 6.38. The maximum Gasteiger partial charge on any atom is 0.417 e. The van der Waals surface area contributed by atoms with E-state index in [9.17, 15) is 4.79 Å². The van der Waals surface area contributed by atoms with Gasteiger partial charge in [-0.1, -0.05) is 6.92 Å². The van der Waals surface area contributed by atoms with Crippen LogP contribution in [-0.4, -0.2) is 17.6 Å². The van der Waals surface area contributed by atoms with Crippen molar-refractivity contribution in [3.05, 3.63) is 22.7 Å². The molecule has 5 nitrogen and oxygen atoms in total. The number of fused-ring (bicyclic) bond motifs is 1. The van der Waals surface area contributed by atoms with Crippen LogP contribution < -0.4 is 16.4 Å². The molecule has 1 aromatic heterocycles. The summed E-state index contributed by atoms with van der Waals surface area (Å²) in [5.74, 6) is -0.435. The van der Waals surface area contributed by atoms with Crippen molar-refractivity contribution in [1.82, 2.24) is 4.98 Å². The Morgan fingerprint density at radius 1 is 1.56 bits per heavy atom. The summed E-state index contributed by atoms with van der Waals surface area (Å²) in [6.45, 7) is 3.22. The minimum absolute atomic E-state index is 0.435. The van der Waals surface area contributed by atoms with E-state index in [2.05, 4.69) is 16.8 Å². The number of aromatic amines is 1. The van der Waals surface area contributed by atoms with Gasteiger partial charge in [-0.3, -0.25) is 4.98 Å². The molecular formula is C13H17N3O2. The van der Waals surface area contributed by atoms with Gasteiger partial charge in [-0.15, -0.1) is 0 Å². The van der Waals surface area contributed by atoms with Gasteiger partial charge >= 0.3 is 5.76 Å². The van der Waals surface area contributed by atoms with Crippen molar-refractivity contribution in [2.75, 3.05) is 17.2 Å². The molecule has 1 fully saturated rings. The van der Waals surface area contributed by atoms with Crippen LogP contribution in [0.25, 0.3) is 11.1 Å². The molecule has 0 bridgehead atoms. The molecule has 1 unspecified atom stereocenters. The van der Waals surface area contributed by atoms with Crippen molar-refractivity contribution in [3.8, 4) is 0 Å². The monoisotopic (exact) mass is 247 g/mol. The first-order chi connectivity index (χ1) is 8.69. The van der Waals surface area contributed by atoms with Gasteiger partial charge < -0.3 is 15.1 Å². The molecule has 1 aliphatic heterocycles. The maximum absolute atomic E-state index is 11.2. The van der Waals surface area contributed by atoms with Crippen molar-refractivity contribution in [3.63, 3.8) is 0 Å². The third kappa shape index (κ3) is 1.66. The van der Waals surface area contributed by atoms with E-state index in [0.29, 0.717) is 22.8 Å². The van der Waals surface area contributed by atoms with E-state index in [1.54, 1.807) is 6.07 Å². The number of rotatable bonds is 2. The zero-order valence-corrected chi connectivity index (χ0v) is 10.4. The lowest BCUT2D eigenvalue weighted by molar-refractivity contribution is 0.555. The zero-order valence-electron chi connectivity index (χ0n) is 10.4. The number of nitrogen functional groups attached to an aromatic ring is 1. The second kappa shape index (κ2) is 4.08. The van der Waals surface area contributed by atoms with E-state index >= 15 is 0 Å². The van der Waals surface area contributed by atoms with Crippen molar-refractivity contribution in [2.24, 2.45) is 0 Å². The molecule has 1 aliphatic rings. The Morgan fingerprint density at radius 2 is 2.39 bits per heavy atom. The molecule has 18 heavy (non-hydrogen) atoms. The SMILES string of the molecule is CCC1CCCN1c1cc2[nH]c(=O)oc2cc1N. The molecule has 0 radical (unpaired) electrons. The van der Waals surface area contributed by atoms with E-state index in [1.807, 2.05) is 6.07 Å². The third-order valence-corrected chi connectivity index (χ3v) is 3.73. The molecule has 1 saturated heterocycles. The molecule has 0 spiro atoms. The number of oxazole rings is 1. The number of anilines is 2. The Balaban J connectivity index is 2.10. The number of hydrogen-bond donors (Lipinski definition) is 2. The normalized spacial score (nSPS) is 19.8. The average molecular weight is 247 g/mol. The standard InChI is InChI=1S/C13H17N3O2/c1-2-8-4-3-5-16(8)11-7-10-12(6-9(11)14)18-13(17)15-10/h6-8H,2-5,14H2,1H3,(H,15,17). The Hall–Kier alpha value is -1.91. The summed E-state index contributed by atoms with van der Waals surface area (Å²) in [7, 11) is 0. The summed E-state index contributed by atoms with van der Waals surface area (Å²) in [6, 6.07) is 4.19. The van der Waals surface area contributed by atoms with Crippen LogP contribution in [0.5, 0.6) is 0 Å². The van der Waals surface area contributed by atoms with Crippen molar-refractivity contribution >= 4 is 22.5 Å². The van der Waals surface area contributed by atoms with E-state index in [1.165, 1.54) is 12.8 Å². The molecule has 2 heterocycles. The van der Waals surface area contributed by atoms with Gasteiger partial charge in [-0.2, -0.15) is 0 Å². The lowest BCUT2D eigenvalue weighted by Gasteiger charge is -2.27. The Kier molecular flexibility index (Phi) is 2.54.